The first-order valence-corrected chi connectivity index (χ1v) is 6.72. The second kappa shape index (κ2) is 5.00. The first-order chi connectivity index (χ1) is 6.87. The monoisotopic (exact) mass is 252 g/mol. The summed E-state index contributed by atoms with van der Waals surface area (Å²) in [5.41, 5.74) is -1.07. The zero-order valence-electron chi connectivity index (χ0n) is 11.0. The summed E-state index contributed by atoms with van der Waals surface area (Å²) in [5, 5.41) is 9.95. The van der Waals surface area contributed by atoms with Crippen LogP contribution in [0.4, 0.5) is 0 Å². The van der Waals surface area contributed by atoms with Crippen molar-refractivity contribution in [1.29, 1.82) is 0 Å². The molecule has 1 unspecified atom stereocenters. The molecule has 0 fully saturated rings. The van der Waals surface area contributed by atoms with E-state index >= 15 is 0 Å². The Kier molecular flexibility index (Phi) is 4.94. The van der Waals surface area contributed by atoms with E-state index in [1.165, 1.54) is 0 Å². The molecule has 0 bridgehead atoms. The van der Waals surface area contributed by atoms with Crippen molar-refractivity contribution < 1.29 is 13.5 Å². The SMILES string of the molecule is CN(C)CC(C)(O)CNS(=O)(=O)C(C)(C)C. The molecular weight excluding hydrogens is 228 g/mol. The van der Waals surface area contributed by atoms with Crippen LogP contribution in [0.25, 0.3) is 0 Å². The van der Waals surface area contributed by atoms with Gasteiger partial charge in [-0.25, -0.2) is 13.1 Å². The molecule has 0 aromatic carbocycles. The fraction of sp³-hybridized carbons (Fsp3) is 1.00. The molecule has 0 aliphatic carbocycles. The van der Waals surface area contributed by atoms with Crippen molar-refractivity contribution >= 4 is 10.0 Å². The minimum atomic E-state index is -3.40. The second-order valence-electron chi connectivity index (χ2n) is 5.67. The summed E-state index contributed by atoms with van der Waals surface area (Å²) in [4.78, 5) is 1.81. The minimum Gasteiger partial charge on any atom is -0.387 e. The van der Waals surface area contributed by atoms with Gasteiger partial charge in [0, 0.05) is 13.1 Å². The summed E-state index contributed by atoms with van der Waals surface area (Å²) >= 11 is 0. The quantitative estimate of drug-likeness (QED) is 0.723. The van der Waals surface area contributed by atoms with Gasteiger partial charge in [-0.1, -0.05) is 0 Å². The lowest BCUT2D eigenvalue weighted by Crippen LogP contribution is -2.50. The van der Waals surface area contributed by atoms with Gasteiger partial charge in [-0.3, -0.25) is 0 Å². The van der Waals surface area contributed by atoms with E-state index in [4.69, 9.17) is 0 Å². The standard InChI is InChI=1S/C10H24N2O3S/c1-9(2,3)16(14,15)11-7-10(4,13)8-12(5)6/h11,13H,7-8H2,1-6H3. The third kappa shape index (κ3) is 5.25. The smallest absolute Gasteiger partial charge is 0.216 e. The van der Waals surface area contributed by atoms with E-state index in [0.29, 0.717) is 6.54 Å². The van der Waals surface area contributed by atoms with Crippen molar-refractivity contribution in [2.24, 2.45) is 0 Å². The van der Waals surface area contributed by atoms with E-state index in [0.717, 1.165) is 0 Å². The number of likely N-dealkylation sites (N-methyl/N-ethyl adjacent to an activating group) is 1. The van der Waals surface area contributed by atoms with Crippen LogP contribution in [-0.2, 0) is 10.0 Å². The molecule has 0 aliphatic rings. The Morgan fingerprint density at radius 1 is 1.19 bits per heavy atom. The Morgan fingerprint density at radius 3 is 1.94 bits per heavy atom. The van der Waals surface area contributed by atoms with Gasteiger partial charge in [-0.2, -0.15) is 0 Å². The van der Waals surface area contributed by atoms with Gasteiger partial charge in [0.25, 0.3) is 0 Å². The van der Waals surface area contributed by atoms with Crippen LogP contribution in [0.1, 0.15) is 27.7 Å². The average molecular weight is 252 g/mol. The maximum Gasteiger partial charge on any atom is 0.216 e. The fourth-order valence-electron chi connectivity index (χ4n) is 1.20. The number of sulfonamides is 1. The normalized spacial score (nSPS) is 17.5. The summed E-state index contributed by atoms with van der Waals surface area (Å²) in [7, 11) is 0.257. The van der Waals surface area contributed by atoms with Gasteiger partial charge >= 0.3 is 0 Å². The van der Waals surface area contributed by atoms with Crippen molar-refractivity contribution in [2.45, 2.75) is 38.0 Å². The van der Waals surface area contributed by atoms with E-state index in [1.807, 2.05) is 19.0 Å². The maximum atomic E-state index is 11.7. The number of hydrogen-bond acceptors (Lipinski definition) is 4. The molecule has 0 radical (unpaired) electrons. The van der Waals surface area contributed by atoms with Gasteiger partial charge < -0.3 is 10.0 Å². The van der Waals surface area contributed by atoms with Crippen LogP contribution in [-0.4, -0.2) is 56.0 Å². The van der Waals surface area contributed by atoms with E-state index in [9.17, 15) is 13.5 Å². The third-order valence-electron chi connectivity index (χ3n) is 2.11. The lowest BCUT2D eigenvalue weighted by Gasteiger charge is -2.29. The van der Waals surface area contributed by atoms with Crippen LogP contribution in [0.3, 0.4) is 0 Å². The van der Waals surface area contributed by atoms with Crippen molar-refractivity contribution in [3.8, 4) is 0 Å². The highest BCUT2D eigenvalue weighted by molar-refractivity contribution is 7.90. The highest BCUT2D eigenvalue weighted by Gasteiger charge is 2.31. The predicted octanol–water partition coefficient (Wildman–Crippen LogP) is 0.0169. The highest BCUT2D eigenvalue weighted by atomic mass is 32.2. The highest BCUT2D eigenvalue weighted by Crippen LogP contribution is 2.14. The molecule has 5 nitrogen and oxygen atoms in total. The molecule has 16 heavy (non-hydrogen) atoms. The van der Waals surface area contributed by atoms with Gasteiger partial charge in [0.15, 0.2) is 0 Å². The largest absolute Gasteiger partial charge is 0.387 e. The zero-order valence-corrected chi connectivity index (χ0v) is 11.8. The van der Waals surface area contributed by atoms with Crippen molar-refractivity contribution in [3.05, 3.63) is 0 Å². The van der Waals surface area contributed by atoms with Gasteiger partial charge in [-0.15, -0.1) is 0 Å². The Bertz CT molecular complexity index is 315. The molecule has 0 saturated carbocycles. The zero-order chi connectivity index (χ0) is 13.2. The number of nitrogens with one attached hydrogen (secondary N) is 1. The number of nitrogens with zero attached hydrogens (tertiary/aromatic N) is 1. The Balaban J connectivity index is 4.47. The maximum absolute atomic E-state index is 11.7. The van der Waals surface area contributed by atoms with Crippen LogP contribution < -0.4 is 4.72 Å². The van der Waals surface area contributed by atoms with E-state index in [2.05, 4.69) is 4.72 Å². The molecule has 0 rings (SSSR count). The average Bonchev–Trinajstić information content (AvgIpc) is 1.96. The summed E-state index contributed by atoms with van der Waals surface area (Å²) in [6.45, 7) is 6.89. The molecule has 0 aromatic heterocycles. The lowest BCUT2D eigenvalue weighted by molar-refractivity contribution is 0.0385. The first kappa shape index (κ1) is 15.8. The van der Waals surface area contributed by atoms with Crippen LogP contribution in [0.15, 0.2) is 0 Å². The predicted molar refractivity (Wildman–Crippen MR) is 65.9 cm³/mol. The number of hydrogen-bond donors (Lipinski definition) is 2. The summed E-state index contributed by atoms with van der Waals surface area (Å²) < 4.78 is 25.1. The molecule has 2 N–H and O–H groups in total. The van der Waals surface area contributed by atoms with Crippen LogP contribution in [0.2, 0.25) is 0 Å². The van der Waals surface area contributed by atoms with Crippen molar-refractivity contribution in [2.75, 3.05) is 27.2 Å². The first-order valence-electron chi connectivity index (χ1n) is 5.24. The minimum absolute atomic E-state index is 0.0186. The van der Waals surface area contributed by atoms with E-state index < -0.39 is 20.4 Å². The fourth-order valence-corrected chi connectivity index (χ4v) is 2.14. The molecular formula is C10H24N2O3S. The Morgan fingerprint density at radius 2 is 1.62 bits per heavy atom. The molecule has 0 saturated heterocycles. The summed E-state index contributed by atoms with van der Waals surface area (Å²) in [6, 6.07) is 0. The van der Waals surface area contributed by atoms with Crippen LogP contribution in [0.5, 0.6) is 0 Å². The molecule has 98 valence electrons. The van der Waals surface area contributed by atoms with Gasteiger partial charge in [0.05, 0.1) is 10.3 Å². The number of rotatable bonds is 5. The third-order valence-corrected chi connectivity index (χ3v) is 4.24. The van der Waals surface area contributed by atoms with Crippen molar-refractivity contribution in [3.63, 3.8) is 0 Å². The van der Waals surface area contributed by atoms with Gasteiger partial charge in [0.2, 0.25) is 10.0 Å². The molecule has 1 atom stereocenters. The molecule has 0 spiro atoms. The summed E-state index contributed by atoms with van der Waals surface area (Å²) in [5.74, 6) is 0. The van der Waals surface area contributed by atoms with E-state index in [-0.39, 0.29) is 6.54 Å². The second-order valence-corrected chi connectivity index (χ2v) is 8.19. The number of aliphatic hydroxyl groups is 1. The topological polar surface area (TPSA) is 69.6 Å². The lowest BCUT2D eigenvalue weighted by atomic mass is 10.1. The Hall–Kier alpha value is -0.170. The van der Waals surface area contributed by atoms with Crippen molar-refractivity contribution in [1.82, 2.24) is 9.62 Å². The van der Waals surface area contributed by atoms with Crippen LogP contribution >= 0.6 is 0 Å². The van der Waals surface area contributed by atoms with Gasteiger partial charge in [0.1, 0.15) is 0 Å². The molecule has 0 aromatic rings. The molecule has 0 amide bonds. The Labute approximate surface area is 98.9 Å². The molecule has 0 heterocycles. The summed E-state index contributed by atoms with van der Waals surface area (Å²) in [6.07, 6.45) is 0. The molecule has 0 aliphatic heterocycles. The van der Waals surface area contributed by atoms with E-state index in [1.54, 1.807) is 27.7 Å². The molecule has 6 heteroatoms. The van der Waals surface area contributed by atoms with Gasteiger partial charge in [-0.05, 0) is 41.8 Å². The van der Waals surface area contributed by atoms with Crippen LogP contribution in [0, 0.1) is 0 Å².